The van der Waals surface area contributed by atoms with Crippen molar-refractivity contribution in [1.82, 2.24) is 5.43 Å². The Hall–Kier alpha value is -1.01. The highest BCUT2D eigenvalue weighted by Crippen LogP contribution is 2.28. The first-order valence-electron chi connectivity index (χ1n) is 5.87. The number of nitrogens with one attached hydrogen (secondary N) is 1. The maximum atomic E-state index is 14.1. The standard InChI is InChI=1S/C14H12BrClF2N2/c15-11-3-1-2-10(14(11)18)13(20-19)6-8-4-5-9(17)7-12(8)16/h1-5,7,13,20H,6,19H2. The Morgan fingerprint density at radius 3 is 2.65 bits per heavy atom. The molecular formula is C14H12BrClF2N2. The van der Waals surface area contributed by atoms with E-state index in [1.807, 2.05) is 0 Å². The van der Waals surface area contributed by atoms with Gasteiger partial charge in [-0.15, -0.1) is 0 Å². The smallest absolute Gasteiger partial charge is 0.142 e. The molecule has 1 atom stereocenters. The van der Waals surface area contributed by atoms with Crippen molar-refractivity contribution in [3.05, 3.63) is 68.7 Å². The number of hydrogen-bond donors (Lipinski definition) is 2. The van der Waals surface area contributed by atoms with E-state index in [1.165, 1.54) is 12.1 Å². The van der Waals surface area contributed by atoms with E-state index in [0.717, 1.165) is 0 Å². The first-order chi connectivity index (χ1) is 9.52. The molecule has 1 unspecified atom stereocenters. The second-order valence-corrected chi connectivity index (χ2v) is 5.56. The lowest BCUT2D eigenvalue weighted by molar-refractivity contribution is 0.508. The summed E-state index contributed by atoms with van der Waals surface area (Å²) in [6, 6.07) is 8.61. The van der Waals surface area contributed by atoms with Crippen LogP contribution in [-0.2, 0) is 6.42 Å². The summed E-state index contributed by atoms with van der Waals surface area (Å²) in [4.78, 5) is 0. The van der Waals surface area contributed by atoms with Crippen LogP contribution in [0.5, 0.6) is 0 Å². The topological polar surface area (TPSA) is 38.0 Å². The van der Waals surface area contributed by atoms with Gasteiger partial charge in [-0.1, -0.05) is 29.8 Å². The largest absolute Gasteiger partial charge is 0.271 e. The van der Waals surface area contributed by atoms with Crippen LogP contribution in [0.15, 0.2) is 40.9 Å². The van der Waals surface area contributed by atoms with E-state index in [1.54, 1.807) is 24.3 Å². The minimum absolute atomic E-state index is 0.292. The Bertz CT molecular complexity index is 622. The number of rotatable bonds is 4. The normalized spacial score (nSPS) is 12.4. The van der Waals surface area contributed by atoms with Gasteiger partial charge in [-0.05, 0) is 46.1 Å². The van der Waals surface area contributed by atoms with Crippen LogP contribution >= 0.6 is 27.5 Å². The highest BCUT2D eigenvalue weighted by atomic mass is 79.9. The van der Waals surface area contributed by atoms with Gasteiger partial charge >= 0.3 is 0 Å². The summed E-state index contributed by atoms with van der Waals surface area (Å²) in [5, 5.41) is 0.292. The van der Waals surface area contributed by atoms with Crippen molar-refractivity contribution < 1.29 is 8.78 Å². The highest BCUT2D eigenvalue weighted by Gasteiger charge is 2.18. The van der Waals surface area contributed by atoms with Gasteiger partial charge in [-0.2, -0.15) is 0 Å². The summed E-state index contributed by atoms with van der Waals surface area (Å²) < 4.78 is 27.4. The third-order valence-electron chi connectivity index (χ3n) is 3.00. The van der Waals surface area contributed by atoms with E-state index in [2.05, 4.69) is 21.4 Å². The number of hydrazine groups is 1. The molecule has 2 nitrogen and oxygen atoms in total. The molecule has 0 bridgehead atoms. The van der Waals surface area contributed by atoms with Gasteiger partial charge in [0.25, 0.3) is 0 Å². The molecule has 2 aromatic carbocycles. The predicted molar refractivity (Wildman–Crippen MR) is 79.3 cm³/mol. The predicted octanol–water partition coefficient (Wildman–Crippen LogP) is 4.13. The van der Waals surface area contributed by atoms with Crippen molar-refractivity contribution >= 4 is 27.5 Å². The summed E-state index contributed by atoms with van der Waals surface area (Å²) >= 11 is 9.11. The molecule has 106 valence electrons. The first kappa shape index (κ1) is 15.4. The van der Waals surface area contributed by atoms with Crippen LogP contribution in [0.4, 0.5) is 8.78 Å². The average molecular weight is 362 g/mol. The number of nitrogens with two attached hydrogens (primary N) is 1. The summed E-state index contributed by atoms with van der Waals surface area (Å²) in [6.07, 6.45) is 0.350. The Morgan fingerprint density at radius 2 is 2.00 bits per heavy atom. The molecule has 2 aromatic rings. The van der Waals surface area contributed by atoms with Crippen molar-refractivity contribution in [3.63, 3.8) is 0 Å². The second kappa shape index (κ2) is 6.63. The van der Waals surface area contributed by atoms with E-state index in [9.17, 15) is 8.78 Å². The minimum atomic E-state index is -0.463. The van der Waals surface area contributed by atoms with Gasteiger partial charge in [-0.25, -0.2) is 8.78 Å². The highest BCUT2D eigenvalue weighted by molar-refractivity contribution is 9.10. The molecule has 6 heteroatoms. The number of halogens is 4. The molecule has 20 heavy (non-hydrogen) atoms. The fourth-order valence-electron chi connectivity index (χ4n) is 1.96. The van der Waals surface area contributed by atoms with E-state index in [4.69, 9.17) is 17.4 Å². The Kier molecular flexibility index (Phi) is 5.10. The van der Waals surface area contributed by atoms with Gasteiger partial charge in [0.1, 0.15) is 11.6 Å². The SMILES string of the molecule is NNC(Cc1ccc(F)cc1Cl)c1cccc(Br)c1F. The molecule has 0 radical (unpaired) electrons. The van der Waals surface area contributed by atoms with Gasteiger partial charge in [0.15, 0.2) is 0 Å². The van der Waals surface area contributed by atoms with Gasteiger partial charge in [-0.3, -0.25) is 11.3 Å². The Morgan fingerprint density at radius 1 is 1.25 bits per heavy atom. The van der Waals surface area contributed by atoms with E-state index in [-0.39, 0.29) is 5.82 Å². The maximum absolute atomic E-state index is 14.1. The van der Waals surface area contributed by atoms with Crippen molar-refractivity contribution in [2.24, 2.45) is 5.84 Å². The van der Waals surface area contributed by atoms with Crippen LogP contribution in [-0.4, -0.2) is 0 Å². The molecule has 3 N–H and O–H groups in total. The van der Waals surface area contributed by atoms with Crippen molar-refractivity contribution in [2.45, 2.75) is 12.5 Å². The minimum Gasteiger partial charge on any atom is -0.271 e. The van der Waals surface area contributed by atoms with Gasteiger partial charge in [0.2, 0.25) is 0 Å². The van der Waals surface area contributed by atoms with Gasteiger partial charge in [0.05, 0.1) is 10.5 Å². The van der Waals surface area contributed by atoms with Crippen LogP contribution in [0.25, 0.3) is 0 Å². The fourth-order valence-corrected chi connectivity index (χ4v) is 2.58. The molecule has 0 saturated carbocycles. The molecule has 0 aromatic heterocycles. The van der Waals surface area contributed by atoms with Crippen LogP contribution in [0.3, 0.4) is 0 Å². The zero-order chi connectivity index (χ0) is 14.7. The number of benzene rings is 2. The molecule has 0 spiro atoms. The quantitative estimate of drug-likeness (QED) is 0.635. The summed E-state index contributed by atoms with van der Waals surface area (Å²) in [6.45, 7) is 0. The van der Waals surface area contributed by atoms with Crippen molar-refractivity contribution in [1.29, 1.82) is 0 Å². The lowest BCUT2D eigenvalue weighted by Gasteiger charge is -2.18. The molecular weight excluding hydrogens is 350 g/mol. The van der Waals surface area contributed by atoms with Crippen LogP contribution < -0.4 is 11.3 Å². The van der Waals surface area contributed by atoms with Crippen LogP contribution in [0.1, 0.15) is 17.2 Å². The summed E-state index contributed by atoms with van der Waals surface area (Å²) in [5.41, 5.74) is 3.67. The molecule has 0 amide bonds. The summed E-state index contributed by atoms with van der Waals surface area (Å²) in [7, 11) is 0. The third-order valence-corrected chi connectivity index (χ3v) is 3.96. The van der Waals surface area contributed by atoms with E-state index in [0.29, 0.717) is 27.0 Å². The molecule has 0 aliphatic carbocycles. The first-order valence-corrected chi connectivity index (χ1v) is 7.04. The second-order valence-electron chi connectivity index (χ2n) is 4.30. The molecule has 0 aliphatic heterocycles. The number of hydrogen-bond acceptors (Lipinski definition) is 2. The van der Waals surface area contributed by atoms with Crippen molar-refractivity contribution in [3.8, 4) is 0 Å². The molecule has 2 rings (SSSR count). The van der Waals surface area contributed by atoms with Crippen molar-refractivity contribution in [2.75, 3.05) is 0 Å². The fraction of sp³-hybridized carbons (Fsp3) is 0.143. The Balaban J connectivity index is 2.31. The van der Waals surface area contributed by atoms with E-state index >= 15 is 0 Å². The third kappa shape index (κ3) is 3.35. The maximum Gasteiger partial charge on any atom is 0.142 e. The average Bonchev–Trinajstić information content (AvgIpc) is 2.42. The van der Waals surface area contributed by atoms with Crippen LogP contribution in [0, 0.1) is 11.6 Å². The summed E-state index contributed by atoms with van der Waals surface area (Å²) in [5.74, 6) is 4.71. The molecule has 0 heterocycles. The lowest BCUT2D eigenvalue weighted by Crippen LogP contribution is -2.30. The molecule has 0 saturated heterocycles. The Labute approximate surface area is 129 Å². The van der Waals surface area contributed by atoms with Crippen LogP contribution in [0.2, 0.25) is 5.02 Å². The lowest BCUT2D eigenvalue weighted by atomic mass is 9.99. The molecule has 0 aliphatic rings. The monoisotopic (exact) mass is 360 g/mol. The van der Waals surface area contributed by atoms with Gasteiger partial charge in [0, 0.05) is 10.6 Å². The van der Waals surface area contributed by atoms with Gasteiger partial charge < -0.3 is 0 Å². The molecule has 0 fully saturated rings. The zero-order valence-electron chi connectivity index (χ0n) is 10.3. The van der Waals surface area contributed by atoms with E-state index < -0.39 is 11.9 Å². The zero-order valence-corrected chi connectivity index (χ0v) is 12.7.